The summed E-state index contributed by atoms with van der Waals surface area (Å²) in [4.78, 5) is 18.2. The molecule has 2 N–H and O–H groups in total. The SMILES string of the molecule is CC(=O)N1CCN(CC2(O)CCN(c3cccc(C)c3)CC2)C[C@@](O)(COc2ccc(F)c(C)c2)C1. The summed E-state index contributed by atoms with van der Waals surface area (Å²) in [5.41, 5.74) is 0.647. The minimum atomic E-state index is -1.33. The van der Waals surface area contributed by atoms with Gasteiger partial charge in [-0.15, -0.1) is 0 Å². The number of rotatable bonds is 6. The van der Waals surface area contributed by atoms with Crippen molar-refractivity contribution in [1.82, 2.24) is 9.80 Å². The van der Waals surface area contributed by atoms with E-state index in [2.05, 4.69) is 36.1 Å². The molecule has 1 atom stereocenters. The Bertz CT molecular complexity index is 1070. The van der Waals surface area contributed by atoms with Crippen molar-refractivity contribution < 1.29 is 24.1 Å². The average molecular weight is 500 g/mol. The van der Waals surface area contributed by atoms with E-state index >= 15 is 0 Å². The van der Waals surface area contributed by atoms with Gasteiger partial charge < -0.3 is 24.7 Å². The Morgan fingerprint density at radius 1 is 1.00 bits per heavy atom. The van der Waals surface area contributed by atoms with Gasteiger partial charge in [0.2, 0.25) is 5.91 Å². The lowest BCUT2D eigenvalue weighted by Crippen LogP contribution is -2.55. The fraction of sp³-hybridized carbons (Fsp3) is 0.536. The summed E-state index contributed by atoms with van der Waals surface area (Å²) in [6, 6.07) is 12.9. The number of benzene rings is 2. The molecule has 0 saturated carbocycles. The van der Waals surface area contributed by atoms with Gasteiger partial charge in [0.15, 0.2) is 0 Å². The molecule has 4 rings (SSSR count). The maximum atomic E-state index is 13.6. The number of ether oxygens (including phenoxy) is 1. The van der Waals surface area contributed by atoms with Crippen molar-refractivity contribution in [1.29, 1.82) is 0 Å². The zero-order valence-corrected chi connectivity index (χ0v) is 21.5. The zero-order valence-electron chi connectivity index (χ0n) is 21.5. The van der Waals surface area contributed by atoms with Crippen molar-refractivity contribution >= 4 is 11.6 Å². The molecule has 36 heavy (non-hydrogen) atoms. The Kier molecular flexibility index (Phi) is 7.87. The Hall–Kier alpha value is -2.68. The van der Waals surface area contributed by atoms with E-state index in [-0.39, 0.29) is 31.4 Å². The van der Waals surface area contributed by atoms with E-state index in [9.17, 15) is 19.4 Å². The number of piperidine rings is 1. The first-order valence-electron chi connectivity index (χ1n) is 12.7. The van der Waals surface area contributed by atoms with Crippen LogP contribution in [0.15, 0.2) is 42.5 Å². The lowest BCUT2D eigenvalue weighted by atomic mass is 9.90. The van der Waals surface area contributed by atoms with E-state index in [1.807, 2.05) is 4.90 Å². The number of amides is 1. The smallest absolute Gasteiger partial charge is 0.219 e. The van der Waals surface area contributed by atoms with Crippen LogP contribution >= 0.6 is 0 Å². The summed E-state index contributed by atoms with van der Waals surface area (Å²) in [7, 11) is 0. The summed E-state index contributed by atoms with van der Waals surface area (Å²) in [6.45, 7) is 8.54. The number of hydrogen-bond acceptors (Lipinski definition) is 6. The van der Waals surface area contributed by atoms with Gasteiger partial charge in [-0.2, -0.15) is 0 Å². The molecule has 7 nitrogen and oxygen atoms in total. The molecule has 0 bridgehead atoms. The highest BCUT2D eigenvalue weighted by molar-refractivity contribution is 5.73. The largest absolute Gasteiger partial charge is 0.490 e. The van der Waals surface area contributed by atoms with Crippen LogP contribution in [0.2, 0.25) is 0 Å². The van der Waals surface area contributed by atoms with Gasteiger partial charge in [-0.3, -0.25) is 9.69 Å². The molecule has 2 aliphatic rings. The van der Waals surface area contributed by atoms with Crippen molar-refractivity contribution in [3.05, 3.63) is 59.4 Å². The van der Waals surface area contributed by atoms with Crippen molar-refractivity contribution in [3.8, 4) is 5.75 Å². The second-order valence-corrected chi connectivity index (χ2v) is 10.6. The number of β-amino-alcohol motifs (C(OH)–C–C–N with tert-alkyl or cyclic N) is 2. The molecule has 2 heterocycles. The highest BCUT2D eigenvalue weighted by Gasteiger charge is 2.41. The minimum Gasteiger partial charge on any atom is -0.490 e. The quantitative estimate of drug-likeness (QED) is 0.637. The molecule has 1 amide bonds. The molecule has 0 spiro atoms. The molecule has 2 aliphatic heterocycles. The topological polar surface area (TPSA) is 76.5 Å². The van der Waals surface area contributed by atoms with E-state index in [0.29, 0.717) is 43.8 Å². The highest BCUT2D eigenvalue weighted by Crippen LogP contribution is 2.29. The Labute approximate surface area is 213 Å². The van der Waals surface area contributed by atoms with Crippen LogP contribution < -0.4 is 9.64 Å². The monoisotopic (exact) mass is 499 g/mol. The summed E-state index contributed by atoms with van der Waals surface area (Å²) in [5.74, 6) is 0.0406. The number of anilines is 1. The standard InChI is InChI=1S/C28H38FN3O4/c1-21-5-4-6-24(15-21)31-11-9-27(34,10-12-31)17-30-13-14-32(23(3)33)19-28(35,18-30)20-36-25-7-8-26(29)22(2)16-25/h4-8,15-16,34-35H,9-14,17-20H2,1-3H3/t28-/m0/s1. The summed E-state index contributed by atoms with van der Waals surface area (Å²) < 4.78 is 19.5. The molecule has 0 unspecified atom stereocenters. The fourth-order valence-corrected chi connectivity index (χ4v) is 5.24. The maximum absolute atomic E-state index is 13.6. The average Bonchev–Trinajstić information content (AvgIpc) is 2.99. The molecule has 196 valence electrons. The minimum absolute atomic E-state index is 0.0437. The van der Waals surface area contributed by atoms with E-state index in [1.54, 1.807) is 17.9 Å². The van der Waals surface area contributed by atoms with Crippen LogP contribution in [0.4, 0.5) is 10.1 Å². The number of carbonyl (C=O) groups excluding carboxylic acids is 1. The number of halogens is 1. The fourth-order valence-electron chi connectivity index (χ4n) is 5.24. The molecular weight excluding hydrogens is 461 g/mol. The second kappa shape index (κ2) is 10.7. The van der Waals surface area contributed by atoms with E-state index in [1.165, 1.54) is 30.3 Å². The first-order chi connectivity index (χ1) is 17.0. The predicted molar refractivity (Wildman–Crippen MR) is 138 cm³/mol. The van der Waals surface area contributed by atoms with Crippen LogP contribution in [0.25, 0.3) is 0 Å². The normalized spacial score (nSPS) is 22.8. The predicted octanol–water partition coefficient (Wildman–Crippen LogP) is 2.75. The second-order valence-electron chi connectivity index (χ2n) is 10.6. The molecule has 0 aliphatic carbocycles. The molecule has 0 aromatic heterocycles. The van der Waals surface area contributed by atoms with Gasteiger partial charge in [-0.1, -0.05) is 12.1 Å². The van der Waals surface area contributed by atoms with Crippen LogP contribution in [0.1, 0.15) is 30.9 Å². The van der Waals surface area contributed by atoms with Crippen LogP contribution in [-0.4, -0.2) is 89.5 Å². The molecular formula is C28H38FN3O4. The van der Waals surface area contributed by atoms with Gasteiger partial charge in [0.25, 0.3) is 0 Å². The molecule has 2 fully saturated rings. The van der Waals surface area contributed by atoms with Crippen LogP contribution in [0.3, 0.4) is 0 Å². The van der Waals surface area contributed by atoms with Crippen LogP contribution in [0, 0.1) is 19.7 Å². The summed E-state index contributed by atoms with van der Waals surface area (Å²) in [6.07, 6.45) is 1.25. The van der Waals surface area contributed by atoms with Gasteiger partial charge in [-0.05, 0) is 68.1 Å². The van der Waals surface area contributed by atoms with E-state index in [4.69, 9.17) is 4.74 Å². The Morgan fingerprint density at radius 3 is 2.42 bits per heavy atom. The zero-order chi connectivity index (χ0) is 25.9. The maximum Gasteiger partial charge on any atom is 0.219 e. The van der Waals surface area contributed by atoms with Gasteiger partial charge >= 0.3 is 0 Å². The van der Waals surface area contributed by atoms with Crippen LogP contribution in [0.5, 0.6) is 5.75 Å². The third-order valence-corrected chi connectivity index (χ3v) is 7.35. The molecule has 2 saturated heterocycles. The van der Waals surface area contributed by atoms with Crippen molar-refractivity contribution in [2.24, 2.45) is 0 Å². The molecule has 8 heteroatoms. The van der Waals surface area contributed by atoms with Crippen molar-refractivity contribution in [2.45, 2.75) is 44.8 Å². The Morgan fingerprint density at radius 2 is 1.75 bits per heavy atom. The molecule has 2 aromatic rings. The highest BCUT2D eigenvalue weighted by atomic mass is 19.1. The number of aryl methyl sites for hydroxylation is 2. The van der Waals surface area contributed by atoms with Gasteiger partial charge in [0.1, 0.15) is 23.8 Å². The lowest BCUT2D eigenvalue weighted by Gasteiger charge is -2.42. The van der Waals surface area contributed by atoms with Gasteiger partial charge in [-0.25, -0.2) is 4.39 Å². The Balaban J connectivity index is 1.41. The third-order valence-electron chi connectivity index (χ3n) is 7.35. The van der Waals surface area contributed by atoms with Crippen molar-refractivity contribution in [2.75, 3.05) is 57.3 Å². The molecule has 2 aromatic carbocycles. The van der Waals surface area contributed by atoms with Gasteiger partial charge in [0, 0.05) is 51.9 Å². The lowest BCUT2D eigenvalue weighted by molar-refractivity contribution is -0.132. The first-order valence-corrected chi connectivity index (χ1v) is 12.7. The summed E-state index contributed by atoms with van der Waals surface area (Å²) in [5, 5.41) is 23.0. The van der Waals surface area contributed by atoms with E-state index < -0.39 is 11.2 Å². The number of hydrogen-bond donors (Lipinski definition) is 2. The molecule has 0 radical (unpaired) electrons. The number of aliphatic hydroxyl groups is 2. The van der Waals surface area contributed by atoms with Crippen LogP contribution in [-0.2, 0) is 4.79 Å². The first kappa shape index (κ1) is 26.4. The van der Waals surface area contributed by atoms with Crippen molar-refractivity contribution in [3.63, 3.8) is 0 Å². The van der Waals surface area contributed by atoms with E-state index in [0.717, 1.165) is 13.1 Å². The number of carbonyl (C=O) groups is 1. The van der Waals surface area contributed by atoms with Gasteiger partial charge in [0.05, 0.1) is 12.1 Å². The number of nitrogens with zero attached hydrogens (tertiary/aromatic N) is 3. The summed E-state index contributed by atoms with van der Waals surface area (Å²) >= 11 is 0. The third kappa shape index (κ3) is 6.55.